The lowest BCUT2D eigenvalue weighted by Crippen LogP contribution is -2.24. The summed E-state index contributed by atoms with van der Waals surface area (Å²) in [6.07, 6.45) is 2.13. The molecule has 28 heavy (non-hydrogen) atoms. The average Bonchev–Trinajstić information content (AvgIpc) is 3.09. The summed E-state index contributed by atoms with van der Waals surface area (Å²) in [5, 5.41) is 7.09. The molecular weight excluding hydrogens is 358 g/mol. The second-order valence-corrected chi connectivity index (χ2v) is 6.56. The number of carbonyl (C=O) groups is 2. The van der Waals surface area contributed by atoms with E-state index in [0.29, 0.717) is 23.5 Å². The number of aromatic nitrogens is 2. The van der Waals surface area contributed by atoms with Crippen molar-refractivity contribution < 1.29 is 19.1 Å². The summed E-state index contributed by atoms with van der Waals surface area (Å²) in [7, 11) is 3.36. The van der Waals surface area contributed by atoms with Gasteiger partial charge in [-0.15, -0.1) is 0 Å². The van der Waals surface area contributed by atoms with Crippen LogP contribution in [0.4, 0.5) is 5.82 Å². The highest BCUT2D eigenvalue weighted by molar-refractivity contribution is 5.94. The van der Waals surface area contributed by atoms with Gasteiger partial charge in [0.1, 0.15) is 17.3 Å². The Morgan fingerprint density at radius 1 is 1.11 bits per heavy atom. The van der Waals surface area contributed by atoms with E-state index < -0.39 is 5.97 Å². The van der Waals surface area contributed by atoms with Gasteiger partial charge in [0.25, 0.3) is 0 Å². The van der Waals surface area contributed by atoms with Crippen LogP contribution in [-0.4, -0.2) is 28.8 Å². The smallest absolute Gasteiger partial charge is 0.343 e. The fraction of sp³-hybridized carbons (Fsp3) is 0.190. The summed E-state index contributed by atoms with van der Waals surface area (Å²) in [6.45, 7) is 0. The van der Waals surface area contributed by atoms with Gasteiger partial charge in [-0.3, -0.25) is 9.48 Å². The number of esters is 1. The van der Waals surface area contributed by atoms with Crippen LogP contribution in [-0.2, 0) is 11.8 Å². The molecule has 0 radical (unpaired) electrons. The van der Waals surface area contributed by atoms with Crippen LogP contribution in [0.3, 0.4) is 0 Å². The average molecular weight is 377 g/mol. The molecule has 142 valence electrons. The summed E-state index contributed by atoms with van der Waals surface area (Å²) in [6, 6.07) is 13.9. The summed E-state index contributed by atoms with van der Waals surface area (Å²) in [5.74, 6) is 1.27. The number of hydrogen-bond acceptors (Lipinski definition) is 5. The van der Waals surface area contributed by atoms with Crippen LogP contribution < -0.4 is 14.8 Å². The van der Waals surface area contributed by atoms with Crippen LogP contribution in [0, 0.1) is 0 Å². The molecule has 0 bridgehead atoms. The highest BCUT2D eigenvalue weighted by Gasteiger charge is 2.29. The number of carbonyl (C=O) groups excluding carboxylic acids is 2. The first-order chi connectivity index (χ1) is 13.5. The minimum absolute atomic E-state index is 0.0453. The standard InChI is InChI=1S/C21H19N3O4/c1-24-20-18(12-22-24)17(11-19(25)23-20)13-3-9-16(10-4-13)28-21(26)14-5-7-15(27-2)8-6-14/h3-10,12,17H,11H2,1-2H3,(H,23,25)/t17-/m1/s1. The molecule has 0 fully saturated rings. The number of benzene rings is 2. The third-order valence-corrected chi connectivity index (χ3v) is 4.81. The third kappa shape index (κ3) is 3.34. The van der Waals surface area contributed by atoms with E-state index in [1.54, 1.807) is 61.4 Å². The van der Waals surface area contributed by atoms with Crippen LogP contribution in [0.1, 0.15) is 33.8 Å². The van der Waals surface area contributed by atoms with Crippen molar-refractivity contribution in [3.8, 4) is 11.5 Å². The van der Waals surface area contributed by atoms with Crippen molar-refractivity contribution in [2.45, 2.75) is 12.3 Å². The van der Waals surface area contributed by atoms with E-state index in [-0.39, 0.29) is 11.8 Å². The Morgan fingerprint density at radius 3 is 2.46 bits per heavy atom. The lowest BCUT2D eigenvalue weighted by Gasteiger charge is -2.23. The van der Waals surface area contributed by atoms with Crippen LogP contribution in [0.25, 0.3) is 0 Å². The van der Waals surface area contributed by atoms with E-state index in [1.807, 2.05) is 12.1 Å². The molecule has 0 saturated heterocycles. The lowest BCUT2D eigenvalue weighted by molar-refractivity contribution is -0.116. The van der Waals surface area contributed by atoms with E-state index >= 15 is 0 Å². The van der Waals surface area contributed by atoms with Crippen molar-refractivity contribution in [1.29, 1.82) is 0 Å². The molecule has 7 heteroatoms. The summed E-state index contributed by atoms with van der Waals surface area (Å²) < 4.78 is 12.2. The van der Waals surface area contributed by atoms with Crippen molar-refractivity contribution >= 4 is 17.7 Å². The quantitative estimate of drug-likeness (QED) is 0.558. The number of amides is 1. The van der Waals surface area contributed by atoms with Crippen molar-refractivity contribution in [3.05, 3.63) is 71.4 Å². The molecule has 1 N–H and O–H groups in total. The van der Waals surface area contributed by atoms with E-state index in [2.05, 4.69) is 10.4 Å². The number of anilines is 1. The molecule has 0 spiro atoms. The molecule has 2 aromatic carbocycles. The van der Waals surface area contributed by atoms with Gasteiger partial charge >= 0.3 is 5.97 Å². The van der Waals surface area contributed by atoms with E-state index in [4.69, 9.17) is 9.47 Å². The van der Waals surface area contributed by atoms with E-state index in [9.17, 15) is 9.59 Å². The second-order valence-electron chi connectivity index (χ2n) is 6.56. The SMILES string of the molecule is COc1ccc(C(=O)Oc2ccc([C@H]3CC(=O)Nc4c3cnn4C)cc2)cc1. The molecule has 1 atom stereocenters. The molecule has 1 aromatic heterocycles. The van der Waals surface area contributed by atoms with Crippen LogP contribution in [0.5, 0.6) is 11.5 Å². The van der Waals surface area contributed by atoms with Crippen LogP contribution in [0.15, 0.2) is 54.7 Å². The number of ether oxygens (including phenoxy) is 2. The molecule has 7 nitrogen and oxygen atoms in total. The van der Waals surface area contributed by atoms with Gasteiger partial charge in [0.05, 0.1) is 18.9 Å². The zero-order chi connectivity index (χ0) is 19.7. The Bertz CT molecular complexity index is 1020. The fourth-order valence-corrected chi connectivity index (χ4v) is 3.30. The number of aryl methyl sites for hydroxylation is 1. The van der Waals surface area contributed by atoms with Gasteiger partial charge in [-0.25, -0.2) is 4.79 Å². The van der Waals surface area contributed by atoms with Crippen molar-refractivity contribution in [3.63, 3.8) is 0 Å². The highest BCUT2D eigenvalue weighted by atomic mass is 16.5. The maximum absolute atomic E-state index is 12.3. The number of hydrogen-bond donors (Lipinski definition) is 1. The van der Waals surface area contributed by atoms with Gasteiger partial charge in [0.15, 0.2) is 0 Å². The maximum Gasteiger partial charge on any atom is 0.343 e. The molecule has 1 aliphatic rings. The Labute approximate surface area is 161 Å². The molecule has 4 rings (SSSR count). The van der Waals surface area contributed by atoms with Gasteiger partial charge in [-0.2, -0.15) is 5.10 Å². The first-order valence-corrected chi connectivity index (χ1v) is 8.83. The normalized spacial score (nSPS) is 15.5. The van der Waals surface area contributed by atoms with Crippen molar-refractivity contribution in [2.24, 2.45) is 7.05 Å². The fourth-order valence-electron chi connectivity index (χ4n) is 3.30. The molecule has 3 aromatic rings. The first kappa shape index (κ1) is 17.8. The number of nitrogens with zero attached hydrogens (tertiary/aromatic N) is 2. The topological polar surface area (TPSA) is 82.4 Å². The first-order valence-electron chi connectivity index (χ1n) is 8.83. The predicted molar refractivity (Wildman–Crippen MR) is 103 cm³/mol. The Hall–Kier alpha value is -3.61. The zero-order valence-corrected chi connectivity index (χ0v) is 15.5. The summed E-state index contributed by atoms with van der Waals surface area (Å²) in [5.41, 5.74) is 2.38. The number of methoxy groups -OCH3 is 1. The van der Waals surface area contributed by atoms with Gasteiger partial charge < -0.3 is 14.8 Å². The number of rotatable bonds is 4. The molecular formula is C21H19N3O4. The second kappa shape index (κ2) is 7.19. The largest absolute Gasteiger partial charge is 0.497 e. The molecule has 2 heterocycles. The highest BCUT2D eigenvalue weighted by Crippen LogP contribution is 2.37. The lowest BCUT2D eigenvalue weighted by atomic mass is 9.87. The maximum atomic E-state index is 12.3. The predicted octanol–water partition coefficient (Wildman–Crippen LogP) is 3.12. The Kier molecular flexibility index (Phi) is 4.57. The van der Waals surface area contributed by atoms with Crippen LogP contribution in [0.2, 0.25) is 0 Å². The summed E-state index contributed by atoms with van der Waals surface area (Å²) in [4.78, 5) is 24.3. The monoisotopic (exact) mass is 377 g/mol. The molecule has 0 unspecified atom stereocenters. The minimum Gasteiger partial charge on any atom is -0.497 e. The van der Waals surface area contributed by atoms with Gasteiger partial charge in [0.2, 0.25) is 5.91 Å². The Balaban J connectivity index is 1.51. The van der Waals surface area contributed by atoms with Gasteiger partial charge in [-0.05, 0) is 42.0 Å². The number of nitrogens with one attached hydrogen (secondary N) is 1. The zero-order valence-electron chi connectivity index (χ0n) is 15.5. The third-order valence-electron chi connectivity index (χ3n) is 4.81. The van der Waals surface area contributed by atoms with E-state index in [0.717, 1.165) is 16.9 Å². The van der Waals surface area contributed by atoms with Crippen LogP contribution >= 0.6 is 0 Å². The van der Waals surface area contributed by atoms with Gasteiger partial charge in [-0.1, -0.05) is 12.1 Å². The van der Waals surface area contributed by atoms with Crippen molar-refractivity contribution in [1.82, 2.24) is 9.78 Å². The number of fused-ring (bicyclic) bond motifs is 1. The van der Waals surface area contributed by atoms with Gasteiger partial charge in [0, 0.05) is 24.9 Å². The Morgan fingerprint density at radius 2 is 1.79 bits per heavy atom. The summed E-state index contributed by atoms with van der Waals surface area (Å²) >= 11 is 0. The van der Waals surface area contributed by atoms with Crippen molar-refractivity contribution in [2.75, 3.05) is 12.4 Å². The molecule has 1 amide bonds. The van der Waals surface area contributed by atoms with E-state index in [1.165, 1.54) is 0 Å². The minimum atomic E-state index is -0.443. The molecule has 1 aliphatic heterocycles. The molecule has 0 aliphatic carbocycles. The molecule has 0 saturated carbocycles.